The van der Waals surface area contributed by atoms with Gasteiger partial charge in [0.15, 0.2) is 12.1 Å². The number of carbonyl (C=O) groups excluding carboxylic acids is 1. The number of aliphatic hydroxyl groups excluding tert-OH is 13. The zero-order chi connectivity index (χ0) is 70.8. The molecule has 5 aliphatic heterocycles. The number of allylic oxidation sites excluding steroid dienone is 1. The van der Waals surface area contributed by atoms with E-state index in [1.807, 2.05) is 6.92 Å². The fourth-order valence-corrected chi connectivity index (χ4v) is 20.0. The summed E-state index contributed by atoms with van der Waals surface area (Å²) in [5.74, 6) is -3.03. The van der Waals surface area contributed by atoms with Gasteiger partial charge in [-0.1, -0.05) is 39.3 Å². The van der Waals surface area contributed by atoms with Crippen LogP contribution in [0.15, 0.2) is 11.6 Å². The molecule has 0 aromatic carbocycles. The molecule has 10 rings (SSSR count). The largest absolute Gasteiger partial charge is 0.481 e. The van der Waals surface area contributed by atoms with E-state index in [4.69, 9.17) is 61.6 Å². The van der Waals surface area contributed by atoms with Crippen molar-refractivity contribution in [1.29, 1.82) is 0 Å². The van der Waals surface area contributed by atoms with Crippen molar-refractivity contribution in [3.8, 4) is 0 Å². The van der Waals surface area contributed by atoms with Gasteiger partial charge in [0.05, 0.1) is 95.4 Å². The molecule has 34 atom stereocenters. The molecule has 5 heterocycles. The van der Waals surface area contributed by atoms with Crippen LogP contribution in [0.4, 0.5) is 0 Å². The highest BCUT2D eigenvalue weighted by Gasteiger charge is 2.73. The van der Waals surface area contributed by atoms with Gasteiger partial charge in [0, 0.05) is 38.1 Å². The third kappa shape index (κ3) is 13.8. The molecule has 29 heteroatoms. The van der Waals surface area contributed by atoms with Crippen molar-refractivity contribution in [3.05, 3.63) is 11.6 Å². The number of aliphatic carboxylic acids is 1. The number of rotatable bonds is 24. The summed E-state index contributed by atoms with van der Waals surface area (Å²) in [5, 5.41) is 152. The molecule has 29 nitrogen and oxygen atoms in total. The summed E-state index contributed by atoms with van der Waals surface area (Å²) in [4.78, 5) is 29.3. The van der Waals surface area contributed by atoms with Crippen molar-refractivity contribution >= 4 is 11.8 Å². The minimum absolute atomic E-state index is 0.0696. The summed E-state index contributed by atoms with van der Waals surface area (Å²) in [6.07, 6.45) is -23.3. The molecule has 0 aromatic heterocycles. The van der Waals surface area contributed by atoms with Crippen molar-refractivity contribution in [2.45, 2.75) is 259 Å². The van der Waals surface area contributed by atoms with Gasteiger partial charge in [0.25, 0.3) is 0 Å². The molecule has 10 aliphatic rings. The average Bonchev–Trinajstić information content (AvgIpc) is 0.670. The second-order valence-corrected chi connectivity index (χ2v) is 31.3. The summed E-state index contributed by atoms with van der Waals surface area (Å²) in [6, 6.07) is 0. The predicted octanol–water partition coefficient (Wildman–Crippen LogP) is -2.09. The highest BCUT2D eigenvalue weighted by molar-refractivity contribution is 5.87. The van der Waals surface area contributed by atoms with Crippen molar-refractivity contribution in [2.24, 2.45) is 56.2 Å². The van der Waals surface area contributed by atoms with E-state index >= 15 is 4.79 Å². The highest BCUT2D eigenvalue weighted by Crippen LogP contribution is 2.76. The number of carboxylic acids is 1. The number of carboxylic acid groups (broad SMARTS) is 1. The molecule has 14 N–H and O–H groups in total. The maximum Gasteiger partial charge on any atom is 0.312 e. The molecule has 0 aromatic rings. The molecule has 0 radical (unpaired) electrons. The van der Waals surface area contributed by atoms with E-state index in [0.29, 0.717) is 44.9 Å². The monoisotopic (exact) mass is 1390 g/mol. The molecule has 4 saturated carbocycles. The summed E-state index contributed by atoms with van der Waals surface area (Å²) in [7, 11) is 4.43. The van der Waals surface area contributed by atoms with Crippen molar-refractivity contribution in [3.63, 3.8) is 0 Å². The van der Waals surface area contributed by atoms with Gasteiger partial charge in [0.1, 0.15) is 123 Å². The molecule has 97 heavy (non-hydrogen) atoms. The Bertz CT molecular complexity index is 2670. The summed E-state index contributed by atoms with van der Waals surface area (Å²) >= 11 is 0. The minimum atomic E-state index is -1.67. The van der Waals surface area contributed by atoms with E-state index in [9.17, 15) is 76.3 Å². The number of ketones is 1. The SMILES string of the molecule is COC1C(C)OC(COCC(=O)C23CCC(C)(C)CC2C2=CCC4[C@@]5(C)CC(O)C(OCC6OC(CO)C(O)C(O)C6O)[C@@](C)(C(=O)O)C5CC[C@@]4(C)C2(CO)CC3)C(OCC2OC(C)C(OC3OCC(COCC4OC(CO)C(O)C(O)C4O)C(O)C3O)C(OC)C2O)C1OC. The van der Waals surface area contributed by atoms with Crippen LogP contribution >= 0.6 is 0 Å². The second-order valence-electron chi connectivity index (χ2n) is 31.3. The number of hydrogen-bond donors (Lipinski definition) is 14. The van der Waals surface area contributed by atoms with Crippen molar-refractivity contribution < 1.29 is 143 Å². The number of methoxy groups -OCH3 is 3. The summed E-state index contributed by atoms with van der Waals surface area (Å²) in [6.45, 7) is 10.7. The number of carbonyl (C=O) groups is 2. The Morgan fingerprint density at radius 2 is 1.12 bits per heavy atom. The first-order valence-corrected chi connectivity index (χ1v) is 34.8. The summed E-state index contributed by atoms with van der Waals surface area (Å²) < 4.78 is 79.1. The molecule has 0 spiro atoms. The lowest BCUT2D eigenvalue weighted by Gasteiger charge is -2.71. The van der Waals surface area contributed by atoms with E-state index in [-0.39, 0.29) is 75.7 Å². The fraction of sp³-hybridized carbons (Fsp3) is 0.941. The third-order valence-electron chi connectivity index (χ3n) is 25.6. The van der Waals surface area contributed by atoms with Crippen LogP contribution in [0.25, 0.3) is 0 Å². The lowest BCUT2D eigenvalue weighted by Crippen LogP contribution is -2.70. The number of ether oxygens (including phenoxy) is 13. The van der Waals surface area contributed by atoms with Gasteiger partial charge in [-0.3, -0.25) is 9.59 Å². The van der Waals surface area contributed by atoms with Crippen LogP contribution in [-0.2, 0) is 71.2 Å². The summed E-state index contributed by atoms with van der Waals surface area (Å²) in [5.41, 5.74) is -3.83. The van der Waals surface area contributed by atoms with Crippen LogP contribution < -0.4 is 0 Å². The zero-order valence-electron chi connectivity index (χ0n) is 57.6. The Morgan fingerprint density at radius 3 is 1.73 bits per heavy atom. The number of Topliss-reactive ketones (excluding diaryl/α,β-unsaturated/α-hetero) is 1. The van der Waals surface area contributed by atoms with Crippen molar-refractivity contribution in [1.82, 2.24) is 0 Å². The maximum absolute atomic E-state index is 15.4. The van der Waals surface area contributed by atoms with E-state index in [1.54, 1.807) is 13.8 Å². The van der Waals surface area contributed by atoms with Gasteiger partial charge in [-0.05, 0) is 113 Å². The minimum Gasteiger partial charge on any atom is -0.481 e. The van der Waals surface area contributed by atoms with Crippen LogP contribution in [0, 0.1) is 56.2 Å². The quantitative estimate of drug-likeness (QED) is 0.0461. The van der Waals surface area contributed by atoms with Crippen LogP contribution in [0.1, 0.15) is 106 Å². The van der Waals surface area contributed by atoms with Crippen LogP contribution in [0.3, 0.4) is 0 Å². The smallest absolute Gasteiger partial charge is 0.312 e. The van der Waals surface area contributed by atoms with E-state index in [2.05, 4.69) is 33.8 Å². The molecule has 5 saturated heterocycles. The predicted molar refractivity (Wildman–Crippen MR) is 335 cm³/mol. The Hall–Kier alpha value is -2.16. The van der Waals surface area contributed by atoms with E-state index < -0.39 is 217 Å². The average molecular weight is 1390 g/mol. The Kier molecular flexibility index (Phi) is 24.4. The Balaban J connectivity index is 0.791. The Morgan fingerprint density at radius 1 is 0.557 bits per heavy atom. The first-order chi connectivity index (χ1) is 45.8. The van der Waals surface area contributed by atoms with E-state index in [0.717, 1.165) is 12.0 Å². The van der Waals surface area contributed by atoms with Crippen LogP contribution in [-0.4, -0.2) is 323 Å². The van der Waals surface area contributed by atoms with Gasteiger partial charge in [-0.2, -0.15) is 0 Å². The maximum atomic E-state index is 15.4. The van der Waals surface area contributed by atoms with Gasteiger partial charge >= 0.3 is 5.97 Å². The molecular weight excluding hydrogens is 1280 g/mol. The molecule has 9 fully saturated rings. The first kappa shape index (κ1) is 77.5. The van der Waals surface area contributed by atoms with Crippen LogP contribution in [0.2, 0.25) is 0 Å². The standard InChI is InChI=1S/C68H112O29/c1-31-55(85-8)59(87-10)57(90-27-41-51(79)58(86-9)56(32(2)93-41)97-61-54(82)46(74)33(24-92-61)23-88-25-39-49(77)52(80)47(75)37(21-69)95-39)42(94-31)26-89-29-45(73)67-16-15-63(3,4)19-35(67)34-11-12-43-64(5)20-36(72)60(91-28-40-50(78)53(81)48(76)38(22-70)96-40)66(7,62(83)84)44(64)13-14-65(43,6)68(34,30-71)18-17-67/h11,31-33,35-44,46-61,69-72,74-82H,12-30H2,1-10H3,(H,83,84)/t31?,32?,33?,35?,36?,37?,38?,39?,40?,41?,42?,43?,44?,46?,47?,48?,49?,50?,51?,52?,53?,54?,55?,56?,57?,58?,59?,60?,61?,64-,65-,66+,67?,68?/m1/s1. The molecular formula is C68H112O29. The lowest BCUT2D eigenvalue weighted by atomic mass is 9.33. The number of aliphatic hydroxyl groups is 13. The van der Waals surface area contributed by atoms with Crippen molar-refractivity contribution in [2.75, 3.05) is 87.4 Å². The number of fused-ring (bicyclic) bond motifs is 7. The topological polar surface area (TPSA) is 437 Å². The highest BCUT2D eigenvalue weighted by atomic mass is 16.7. The first-order valence-electron chi connectivity index (χ1n) is 34.8. The molecule has 558 valence electrons. The number of hydrogen-bond acceptors (Lipinski definition) is 28. The van der Waals surface area contributed by atoms with E-state index in [1.165, 1.54) is 21.3 Å². The van der Waals surface area contributed by atoms with Crippen LogP contribution in [0.5, 0.6) is 0 Å². The molecule has 31 unspecified atom stereocenters. The molecule has 0 amide bonds. The van der Waals surface area contributed by atoms with Gasteiger partial charge in [0.2, 0.25) is 0 Å². The third-order valence-corrected chi connectivity index (χ3v) is 25.6. The molecule has 0 bridgehead atoms. The second kappa shape index (κ2) is 30.5. The fourth-order valence-electron chi connectivity index (χ4n) is 20.0. The molecule has 5 aliphatic carbocycles. The van der Waals surface area contributed by atoms with Gasteiger partial charge in [-0.25, -0.2) is 0 Å². The lowest BCUT2D eigenvalue weighted by molar-refractivity contribution is -0.325. The van der Waals surface area contributed by atoms with Gasteiger partial charge < -0.3 is 133 Å². The van der Waals surface area contributed by atoms with Gasteiger partial charge in [-0.15, -0.1) is 0 Å². The normalized spacial score (nSPS) is 50.7. The zero-order valence-corrected chi connectivity index (χ0v) is 57.6. The Labute approximate surface area is 566 Å².